The van der Waals surface area contributed by atoms with Crippen LogP contribution >= 0.6 is 23.2 Å². The lowest BCUT2D eigenvalue weighted by atomic mass is 11.0. The summed E-state index contributed by atoms with van der Waals surface area (Å²) in [6.45, 7) is 2.08. The third-order valence-corrected chi connectivity index (χ3v) is 22.6. The van der Waals surface area contributed by atoms with Gasteiger partial charge in [-0.15, -0.1) is 23.2 Å². The summed E-state index contributed by atoms with van der Waals surface area (Å²) in [6, 6.07) is 0.920. The van der Waals surface area contributed by atoms with Gasteiger partial charge in [0.2, 0.25) is 0 Å². The van der Waals surface area contributed by atoms with E-state index < -0.39 is 47.1 Å². The van der Waals surface area contributed by atoms with E-state index in [0.717, 1.165) is 6.04 Å². The summed E-state index contributed by atoms with van der Waals surface area (Å²) in [6.07, 6.45) is 0. The van der Waals surface area contributed by atoms with Crippen LogP contribution in [0.3, 0.4) is 0 Å². The molecule has 14 heavy (non-hydrogen) atoms. The highest BCUT2D eigenvalue weighted by atomic mass is 35.5. The smallest absolute Gasteiger partial charge is 0.293 e. The monoisotopic (exact) mass is 324 g/mol. The van der Waals surface area contributed by atoms with E-state index in [1.165, 1.54) is 0 Å². The second-order valence-corrected chi connectivity index (χ2v) is 19.7. The van der Waals surface area contributed by atoms with Crippen LogP contribution in [0.25, 0.3) is 0 Å². The molecule has 84 valence electrons. The van der Waals surface area contributed by atoms with Gasteiger partial charge in [-0.2, -0.15) is 0 Å². The fourth-order valence-electron chi connectivity index (χ4n) is 1.17. The van der Waals surface area contributed by atoms with E-state index in [4.69, 9.17) is 39.7 Å². The van der Waals surface area contributed by atoms with Gasteiger partial charge in [-0.1, -0.05) is 6.92 Å². The maximum absolute atomic E-state index is 5.85. The van der Waals surface area contributed by atoms with Crippen LogP contribution in [0.4, 0.5) is 0 Å². The first-order chi connectivity index (χ1) is 6.68. The SMILES string of the molecule is CC[Si]1([SiH2]C(Cl)Cl)O[SiH2]O[SiH2]O[SiH2]O1. The molecule has 1 heterocycles. The lowest BCUT2D eigenvalue weighted by molar-refractivity contribution is 0.321. The van der Waals surface area contributed by atoms with Crippen molar-refractivity contribution < 1.29 is 16.5 Å². The van der Waals surface area contributed by atoms with E-state index in [1.54, 1.807) is 0 Å². The van der Waals surface area contributed by atoms with Crippen LogP contribution in [0.5, 0.6) is 0 Å². The topological polar surface area (TPSA) is 36.9 Å². The molecule has 0 saturated carbocycles. The van der Waals surface area contributed by atoms with E-state index in [2.05, 4.69) is 6.92 Å². The van der Waals surface area contributed by atoms with Crippen LogP contribution in [0.1, 0.15) is 6.92 Å². The lowest BCUT2D eigenvalue weighted by Crippen LogP contribution is -2.54. The summed E-state index contributed by atoms with van der Waals surface area (Å²) in [5, 5.41) is 0. The van der Waals surface area contributed by atoms with Crippen molar-refractivity contribution >= 4 is 70.3 Å². The van der Waals surface area contributed by atoms with Gasteiger partial charge in [0.15, 0.2) is 0 Å². The Hall–Kier alpha value is 1.50. The molecule has 0 aliphatic carbocycles. The predicted molar refractivity (Wildman–Crippen MR) is 70.2 cm³/mol. The minimum atomic E-state index is -2.03. The largest absolute Gasteiger partial charge is 0.425 e. The first kappa shape index (κ1) is 13.6. The molecular weight excluding hydrogens is 311 g/mol. The molecule has 0 aromatic rings. The maximum atomic E-state index is 5.85. The van der Waals surface area contributed by atoms with Gasteiger partial charge in [0.25, 0.3) is 38.1 Å². The van der Waals surface area contributed by atoms with Crippen molar-refractivity contribution in [2.45, 2.75) is 17.4 Å². The quantitative estimate of drug-likeness (QED) is 0.442. The van der Waals surface area contributed by atoms with E-state index in [9.17, 15) is 0 Å². The number of halogens is 2. The molecule has 1 rings (SSSR count). The first-order valence-corrected chi connectivity index (χ1v) is 13.9. The molecule has 1 aliphatic rings. The van der Waals surface area contributed by atoms with E-state index >= 15 is 0 Å². The van der Waals surface area contributed by atoms with Gasteiger partial charge in [-0.3, -0.25) is 0 Å². The van der Waals surface area contributed by atoms with Crippen LogP contribution in [-0.4, -0.2) is 51.6 Å². The number of hydrogen-bond donors (Lipinski definition) is 0. The summed E-state index contributed by atoms with van der Waals surface area (Å²) in [5.41, 5.74) is 0. The highest BCUT2D eigenvalue weighted by molar-refractivity contribution is 7.23. The molecule has 0 amide bonds. The minimum Gasteiger partial charge on any atom is -0.425 e. The van der Waals surface area contributed by atoms with Gasteiger partial charge < -0.3 is 16.5 Å². The molecule has 11 heteroatoms. The van der Waals surface area contributed by atoms with Crippen LogP contribution in [0.15, 0.2) is 0 Å². The van der Waals surface area contributed by atoms with E-state index in [-0.39, 0.29) is 4.46 Å². The second-order valence-electron chi connectivity index (χ2n) is 2.91. The molecule has 0 aromatic heterocycles. The summed E-state index contributed by atoms with van der Waals surface area (Å²) < 4.78 is 22.2. The van der Waals surface area contributed by atoms with Crippen LogP contribution < -0.4 is 0 Å². The zero-order valence-electron chi connectivity index (χ0n) is 8.00. The van der Waals surface area contributed by atoms with Crippen molar-refractivity contribution in [2.24, 2.45) is 0 Å². The Morgan fingerprint density at radius 1 is 1.21 bits per heavy atom. The molecule has 1 saturated heterocycles. The van der Waals surface area contributed by atoms with Gasteiger partial charge in [0, 0.05) is 0 Å². The Balaban J connectivity index is 2.53. The van der Waals surface area contributed by atoms with Gasteiger partial charge in [-0.05, 0) is 6.04 Å². The van der Waals surface area contributed by atoms with Gasteiger partial charge in [0.1, 0.15) is 9.04 Å². The number of hydrogen-bond acceptors (Lipinski definition) is 4. The fourth-order valence-corrected chi connectivity index (χ4v) is 21.7. The van der Waals surface area contributed by atoms with Crippen LogP contribution in [0.2, 0.25) is 6.04 Å². The lowest BCUT2D eigenvalue weighted by Gasteiger charge is -2.32. The third-order valence-electron chi connectivity index (χ3n) is 1.98. The highest BCUT2D eigenvalue weighted by Crippen LogP contribution is 2.16. The molecule has 4 nitrogen and oxygen atoms in total. The summed E-state index contributed by atoms with van der Waals surface area (Å²) in [5.74, 6) is 0. The van der Waals surface area contributed by atoms with Crippen molar-refractivity contribution in [2.75, 3.05) is 0 Å². The van der Waals surface area contributed by atoms with E-state index in [1.807, 2.05) is 0 Å². The Labute approximate surface area is 104 Å². The summed E-state index contributed by atoms with van der Waals surface area (Å²) in [7, 11) is -5.30. The number of rotatable bonds is 3. The van der Waals surface area contributed by atoms with Gasteiger partial charge in [-0.25, -0.2) is 0 Å². The van der Waals surface area contributed by atoms with Gasteiger partial charge >= 0.3 is 0 Å². The van der Waals surface area contributed by atoms with Crippen LogP contribution in [-0.2, 0) is 16.5 Å². The Morgan fingerprint density at radius 2 is 1.79 bits per heavy atom. The second kappa shape index (κ2) is 6.95. The fraction of sp³-hybridized carbons (Fsp3) is 1.00. The van der Waals surface area contributed by atoms with Crippen molar-refractivity contribution in [1.29, 1.82) is 0 Å². The molecule has 1 aliphatic heterocycles. The Bertz CT molecular complexity index is 165. The zero-order chi connectivity index (χ0) is 10.4. The molecule has 0 aromatic carbocycles. The molecular formula is C3H14Cl2O4Si5. The molecule has 0 bridgehead atoms. The van der Waals surface area contributed by atoms with Crippen molar-refractivity contribution in [3.8, 4) is 0 Å². The highest BCUT2D eigenvalue weighted by Gasteiger charge is 2.38. The predicted octanol–water partition coefficient (Wildman–Crippen LogP) is -2.05. The first-order valence-electron chi connectivity index (χ1n) is 4.40. The molecule has 0 atom stereocenters. The van der Waals surface area contributed by atoms with Crippen molar-refractivity contribution in [1.82, 2.24) is 0 Å². The average molecular weight is 325 g/mol. The Kier molecular flexibility index (Phi) is 6.74. The van der Waals surface area contributed by atoms with Crippen molar-refractivity contribution in [3.05, 3.63) is 0 Å². The maximum Gasteiger partial charge on any atom is 0.293 e. The molecule has 0 unspecified atom stereocenters. The molecule has 0 radical (unpaired) electrons. The van der Waals surface area contributed by atoms with Gasteiger partial charge in [0.05, 0.1) is 4.46 Å². The standard InChI is InChI=1S/C3H14Cl2O4Si5/c1-2-14(10-3(4)5)8-12-6-11-7-13-9-14/h3H,2,10-13H2,1H3. The van der Waals surface area contributed by atoms with E-state index in [0.29, 0.717) is 0 Å². The minimum absolute atomic E-state index is 0.277. The zero-order valence-corrected chi connectivity index (χ0v) is 16.2. The summed E-state index contributed by atoms with van der Waals surface area (Å²) in [4.78, 5) is 0. The third kappa shape index (κ3) is 4.57. The summed E-state index contributed by atoms with van der Waals surface area (Å²) >= 11 is 11.7. The van der Waals surface area contributed by atoms with Crippen LogP contribution in [0, 0.1) is 0 Å². The average Bonchev–Trinajstić information content (AvgIpc) is 2.09. The Morgan fingerprint density at radius 3 is 2.21 bits per heavy atom. The number of alkyl halides is 2. The molecule has 1 fully saturated rings. The molecule has 0 spiro atoms. The van der Waals surface area contributed by atoms with Crippen molar-refractivity contribution in [3.63, 3.8) is 0 Å². The molecule has 0 N–H and O–H groups in total. The normalized spacial score (nSPS) is 36.0.